The Labute approximate surface area is 116 Å². The third kappa shape index (κ3) is 3.71. The van der Waals surface area contributed by atoms with Gasteiger partial charge < -0.3 is 14.9 Å². The summed E-state index contributed by atoms with van der Waals surface area (Å²) in [5, 5.41) is 10.1. The molecule has 0 radical (unpaired) electrons. The van der Waals surface area contributed by atoms with Crippen LogP contribution in [0.25, 0.3) is 0 Å². The second kappa shape index (κ2) is 6.92. The lowest BCUT2D eigenvalue weighted by Crippen LogP contribution is -2.32. The highest BCUT2D eigenvalue weighted by atomic mass is 16.3. The predicted molar refractivity (Wildman–Crippen MR) is 80.6 cm³/mol. The molecule has 1 N–H and O–H groups in total. The lowest BCUT2D eigenvalue weighted by Gasteiger charge is -2.26. The Balaban J connectivity index is 1.99. The summed E-state index contributed by atoms with van der Waals surface area (Å²) in [6.07, 6.45) is 3.09. The van der Waals surface area contributed by atoms with Gasteiger partial charge in [-0.05, 0) is 38.4 Å². The average molecular weight is 262 g/mol. The van der Waals surface area contributed by atoms with Gasteiger partial charge in [0.15, 0.2) is 0 Å². The van der Waals surface area contributed by atoms with Crippen LogP contribution in [0.2, 0.25) is 0 Å². The van der Waals surface area contributed by atoms with Crippen LogP contribution < -0.4 is 4.90 Å². The fourth-order valence-corrected chi connectivity index (χ4v) is 2.75. The summed E-state index contributed by atoms with van der Waals surface area (Å²) in [6.45, 7) is 6.65. The van der Waals surface area contributed by atoms with Gasteiger partial charge in [0, 0.05) is 31.4 Å². The van der Waals surface area contributed by atoms with E-state index in [4.69, 9.17) is 0 Å². The van der Waals surface area contributed by atoms with E-state index in [1.54, 1.807) is 0 Å². The molecule has 1 aromatic rings. The molecular weight excluding hydrogens is 236 g/mol. The molecule has 1 aromatic carbocycles. The first-order valence-electron chi connectivity index (χ1n) is 7.43. The third-order valence-corrected chi connectivity index (χ3v) is 4.04. The molecule has 3 heteroatoms. The Kier molecular flexibility index (Phi) is 5.23. The summed E-state index contributed by atoms with van der Waals surface area (Å²) in [7, 11) is 2.12. The maximum atomic E-state index is 10.1. The number of likely N-dealkylation sites (N-methyl/N-ethyl adjacent to an activating group) is 1. The summed E-state index contributed by atoms with van der Waals surface area (Å²) in [5.74, 6) is 0. The molecule has 1 aliphatic rings. The number of para-hydroxylation sites is 1. The highest BCUT2D eigenvalue weighted by molar-refractivity contribution is 5.54. The van der Waals surface area contributed by atoms with E-state index in [0.29, 0.717) is 0 Å². The van der Waals surface area contributed by atoms with Crippen molar-refractivity contribution in [2.24, 2.45) is 0 Å². The molecule has 19 heavy (non-hydrogen) atoms. The molecule has 0 amide bonds. The molecule has 106 valence electrons. The van der Waals surface area contributed by atoms with Gasteiger partial charge in [0.1, 0.15) is 0 Å². The van der Waals surface area contributed by atoms with Crippen molar-refractivity contribution < 1.29 is 5.11 Å². The van der Waals surface area contributed by atoms with Gasteiger partial charge in [0.25, 0.3) is 0 Å². The average Bonchev–Trinajstić information content (AvgIpc) is 2.97. The summed E-state index contributed by atoms with van der Waals surface area (Å²) in [6, 6.07) is 8.20. The van der Waals surface area contributed by atoms with Crippen LogP contribution >= 0.6 is 0 Å². The minimum absolute atomic E-state index is 0.356. The van der Waals surface area contributed by atoms with Crippen LogP contribution in [0.15, 0.2) is 24.3 Å². The Morgan fingerprint density at radius 3 is 2.63 bits per heavy atom. The van der Waals surface area contributed by atoms with Crippen molar-refractivity contribution in [1.29, 1.82) is 0 Å². The van der Waals surface area contributed by atoms with Gasteiger partial charge in [-0.1, -0.05) is 25.1 Å². The van der Waals surface area contributed by atoms with Gasteiger partial charge in [-0.3, -0.25) is 0 Å². The topological polar surface area (TPSA) is 26.7 Å². The van der Waals surface area contributed by atoms with Crippen LogP contribution in [0.3, 0.4) is 0 Å². The van der Waals surface area contributed by atoms with E-state index in [0.717, 1.165) is 30.8 Å². The predicted octanol–water partition coefficient (Wildman–Crippen LogP) is 2.66. The molecule has 1 heterocycles. The molecule has 0 aliphatic carbocycles. The minimum atomic E-state index is -0.356. The normalized spacial score (nSPS) is 17.6. The van der Waals surface area contributed by atoms with Crippen molar-refractivity contribution in [2.75, 3.05) is 38.1 Å². The molecule has 2 rings (SSSR count). The molecule has 1 aliphatic heterocycles. The Hall–Kier alpha value is -1.06. The van der Waals surface area contributed by atoms with Crippen LogP contribution in [-0.4, -0.2) is 43.2 Å². The molecule has 1 saturated heterocycles. The number of likely N-dealkylation sites (tertiary alicyclic amines) is 1. The Morgan fingerprint density at radius 1 is 1.26 bits per heavy atom. The Morgan fingerprint density at radius 2 is 1.95 bits per heavy atom. The minimum Gasteiger partial charge on any atom is -0.388 e. The van der Waals surface area contributed by atoms with E-state index in [9.17, 15) is 5.11 Å². The number of aliphatic hydroxyl groups excluding tert-OH is 1. The van der Waals surface area contributed by atoms with Gasteiger partial charge in [0.2, 0.25) is 0 Å². The molecule has 1 atom stereocenters. The lowest BCUT2D eigenvalue weighted by molar-refractivity contribution is 0.174. The Bertz CT molecular complexity index is 388. The summed E-state index contributed by atoms with van der Waals surface area (Å²) < 4.78 is 0. The molecule has 0 saturated carbocycles. The van der Waals surface area contributed by atoms with Gasteiger partial charge in [-0.15, -0.1) is 0 Å². The summed E-state index contributed by atoms with van der Waals surface area (Å²) in [5.41, 5.74) is 2.21. The van der Waals surface area contributed by atoms with E-state index in [-0.39, 0.29) is 6.10 Å². The van der Waals surface area contributed by atoms with Gasteiger partial charge >= 0.3 is 0 Å². The molecule has 0 spiro atoms. The number of hydrogen-bond acceptors (Lipinski definition) is 3. The fourth-order valence-electron chi connectivity index (χ4n) is 2.75. The second-order valence-electron chi connectivity index (χ2n) is 5.45. The maximum absolute atomic E-state index is 10.1. The van der Waals surface area contributed by atoms with Crippen LogP contribution in [-0.2, 0) is 0 Å². The summed E-state index contributed by atoms with van der Waals surface area (Å²) >= 11 is 0. The van der Waals surface area contributed by atoms with E-state index in [1.165, 1.54) is 25.9 Å². The first kappa shape index (κ1) is 14.4. The first-order valence-corrected chi connectivity index (χ1v) is 7.43. The highest BCUT2D eigenvalue weighted by Gasteiger charge is 2.15. The fraction of sp³-hybridized carbons (Fsp3) is 0.625. The molecule has 0 unspecified atom stereocenters. The standard InChI is InChI=1S/C16H26N2O/c1-3-16(19)14-8-4-5-9-15(14)17(2)12-13-18-10-6-7-11-18/h4-5,8-9,16,19H,3,6-7,10-13H2,1-2H3/t16-/m1/s1. The monoisotopic (exact) mass is 262 g/mol. The number of rotatable bonds is 6. The van der Waals surface area contributed by atoms with Gasteiger partial charge in [0.05, 0.1) is 6.10 Å². The third-order valence-electron chi connectivity index (χ3n) is 4.04. The molecule has 0 aromatic heterocycles. The molecule has 3 nitrogen and oxygen atoms in total. The van der Waals surface area contributed by atoms with Crippen molar-refractivity contribution in [3.8, 4) is 0 Å². The number of nitrogens with zero attached hydrogens (tertiary/aromatic N) is 2. The van der Waals surface area contributed by atoms with Crippen molar-refractivity contribution in [1.82, 2.24) is 4.90 Å². The SMILES string of the molecule is CC[C@@H](O)c1ccccc1N(C)CCN1CCCC1. The quantitative estimate of drug-likeness (QED) is 0.854. The second-order valence-corrected chi connectivity index (χ2v) is 5.45. The van der Waals surface area contributed by atoms with Gasteiger partial charge in [-0.25, -0.2) is 0 Å². The van der Waals surface area contributed by atoms with Crippen molar-refractivity contribution in [3.63, 3.8) is 0 Å². The lowest BCUT2D eigenvalue weighted by atomic mass is 10.0. The number of aliphatic hydroxyl groups is 1. The zero-order chi connectivity index (χ0) is 13.7. The molecule has 0 bridgehead atoms. The number of anilines is 1. The van der Waals surface area contributed by atoms with Crippen LogP contribution in [0.5, 0.6) is 0 Å². The summed E-state index contributed by atoms with van der Waals surface area (Å²) in [4.78, 5) is 4.79. The van der Waals surface area contributed by atoms with Crippen LogP contribution in [0.4, 0.5) is 5.69 Å². The van der Waals surface area contributed by atoms with Crippen molar-refractivity contribution in [3.05, 3.63) is 29.8 Å². The van der Waals surface area contributed by atoms with E-state index < -0.39 is 0 Å². The number of hydrogen-bond donors (Lipinski definition) is 1. The zero-order valence-corrected chi connectivity index (χ0v) is 12.2. The maximum Gasteiger partial charge on any atom is 0.0807 e. The van der Waals surface area contributed by atoms with E-state index in [1.807, 2.05) is 25.1 Å². The smallest absolute Gasteiger partial charge is 0.0807 e. The first-order chi connectivity index (χ1) is 9.22. The largest absolute Gasteiger partial charge is 0.388 e. The molecular formula is C16H26N2O. The van der Waals surface area contributed by atoms with Crippen LogP contribution in [0, 0.1) is 0 Å². The zero-order valence-electron chi connectivity index (χ0n) is 12.2. The van der Waals surface area contributed by atoms with Crippen LogP contribution in [0.1, 0.15) is 37.9 Å². The van der Waals surface area contributed by atoms with Gasteiger partial charge in [-0.2, -0.15) is 0 Å². The van der Waals surface area contributed by atoms with Crippen molar-refractivity contribution in [2.45, 2.75) is 32.3 Å². The van der Waals surface area contributed by atoms with E-state index >= 15 is 0 Å². The number of benzene rings is 1. The molecule has 1 fully saturated rings. The van der Waals surface area contributed by atoms with E-state index in [2.05, 4.69) is 22.9 Å². The highest BCUT2D eigenvalue weighted by Crippen LogP contribution is 2.27. The van der Waals surface area contributed by atoms with Crippen molar-refractivity contribution >= 4 is 5.69 Å².